The van der Waals surface area contributed by atoms with Gasteiger partial charge in [0.05, 0.1) is 6.61 Å². The summed E-state index contributed by atoms with van der Waals surface area (Å²) in [7, 11) is 4.17. The molecule has 0 radical (unpaired) electrons. The number of benzene rings is 2. The van der Waals surface area contributed by atoms with Gasteiger partial charge in [0.15, 0.2) is 6.79 Å². The van der Waals surface area contributed by atoms with Crippen molar-refractivity contribution in [3.05, 3.63) is 65.9 Å². The third kappa shape index (κ3) is 4.16. The maximum absolute atomic E-state index is 5.89. The lowest BCUT2D eigenvalue weighted by atomic mass is 10.1. The van der Waals surface area contributed by atoms with Gasteiger partial charge in [0.1, 0.15) is 5.75 Å². The molecule has 0 bridgehead atoms. The van der Waals surface area contributed by atoms with Crippen molar-refractivity contribution in [2.24, 2.45) is 0 Å². The van der Waals surface area contributed by atoms with Gasteiger partial charge < -0.3 is 19.4 Å². The number of aromatic nitrogens is 1. The Hall–Kier alpha value is -2.30. The second kappa shape index (κ2) is 7.99. The van der Waals surface area contributed by atoms with Gasteiger partial charge in [-0.1, -0.05) is 36.4 Å². The quantitative estimate of drug-likeness (QED) is 0.505. The predicted molar refractivity (Wildman–Crippen MR) is 97.3 cm³/mol. The Morgan fingerprint density at radius 3 is 2.62 bits per heavy atom. The third-order valence-corrected chi connectivity index (χ3v) is 3.99. The van der Waals surface area contributed by atoms with Crippen LogP contribution in [0.25, 0.3) is 10.9 Å². The summed E-state index contributed by atoms with van der Waals surface area (Å²) in [6.45, 7) is 1.80. The van der Waals surface area contributed by atoms with E-state index < -0.39 is 0 Å². The van der Waals surface area contributed by atoms with Gasteiger partial charge in [-0.15, -0.1) is 0 Å². The molecule has 24 heavy (non-hydrogen) atoms. The van der Waals surface area contributed by atoms with Crippen LogP contribution in [0.5, 0.6) is 5.75 Å². The molecular formula is C20H24N2O2. The third-order valence-electron chi connectivity index (χ3n) is 3.99. The normalized spacial score (nSPS) is 11.3. The lowest BCUT2D eigenvalue weighted by Crippen LogP contribution is -2.14. The second-order valence-electron chi connectivity index (χ2n) is 6.14. The molecule has 0 aliphatic heterocycles. The molecule has 0 fully saturated rings. The van der Waals surface area contributed by atoms with E-state index >= 15 is 0 Å². The highest BCUT2D eigenvalue weighted by molar-refractivity contribution is 5.89. The molecular weight excluding hydrogens is 300 g/mol. The Morgan fingerprint density at radius 1 is 1.00 bits per heavy atom. The minimum absolute atomic E-state index is 0.242. The molecule has 1 heterocycles. The van der Waals surface area contributed by atoms with Crippen molar-refractivity contribution in [3.63, 3.8) is 0 Å². The smallest absolute Gasteiger partial charge is 0.189 e. The zero-order chi connectivity index (χ0) is 16.8. The summed E-state index contributed by atoms with van der Waals surface area (Å²) in [6, 6.07) is 16.2. The fourth-order valence-corrected chi connectivity index (χ4v) is 2.72. The number of aromatic amines is 1. The molecule has 0 atom stereocenters. The average molecular weight is 324 g/mol. The van der Waals surface area contributed by atoms with Gasteiger partial charge in [-0.3, -0.25) is 0 Å². The molecule has 2 aromatic carbocycles. The zero-order valence-corrected chi connectivity index (χ0v) is 14.3. The molecule has 0 saturated carbocycles. The lowest BCUT2D eigenvalue weighted by molar-refractivity contribution is 0.00588. The van der Waals surface area contributed by atoms with E-state index in [0.29, 0.717) is 6.61 Å². The van der Waals surface area contributed by atoms with Crippen molar-refractivity contribution in [1.82, 2.24) is 9.88 Å². The Bertz CT molecular complexity index is 766. The first-order chi connectivity index (χ1) is 11.7. The van der Waals surface area contributed by atoms with Crippen LogP contribution in [0.2, 0.25) is 0 Å². The van der Waals surface area contributed by atoms with Crippen molar-refractivity contribution in [1.29, 1.82) is 0 Å². The number of ether oxygens (including phenoxy) is 2. The summed E-state index contributed by atoms with van der Waals surface area (Å²) in [5, 5.41) is 1.16. The molecule has 0 aliphatic carbocycles. The van der Waals surface area contributed by atoms with E-state index in [4.69, 9.17) is 9.47 Å². The second-order valence-corrected chi connectivity index (χ2v) is 6.14. The van der Waals surface area contributed by atoms with Gasteiger partial charge >= 0.3 is 0 Å². The highest BCUT2D eigenvalue weighted by Gasteiger charge is 2.10. The Labute approximate surface area is 143 Å². The van der Waals surface area contributed by atoms with Crippen LogP contribution in [0, 0.1) is 0 Å². The molecule has 0 spiro atoms. The van der Waals surface area contributed by atoms with Crippen molar-refractivity contribution in [3.8, 4) is 5.75 Å². The number of likely N-dealkylation sites (N-methyl/N-ethyl adjacent to an activating group) is 1. The van der Waals surface area contributed by atoms with E-state index in [1.54, 1.807) is 0 Å². The van der Waals surface area contributed by atoms with E-state index in [1.807, 2.05) is 42.5 Å². The molecule has 0 unspecified atom stereocenters. The molecule has 0 saturated heterocycles. The van der Waals surface area contributed by atoms with Crippen LogP contribution < -0.4 is 4.74 Å². The first-order valence-electron chi connectivity index (χ1n) is 8.22. The van der Waals surface area contributed by atoms with E-state index in [1.165, 1.54) is 5.56 Å². The van der Waals surface area contributed by atoms with Crippen LogP contribution in [-0.2, 0) is 17.8 Å². The lowest BCUT2D eigenvalue weighted by Gasteiger charge is -2.11. The number of hydrogen-bond donors (Lipinski definition) is 1. The molecule has 4 nitrogen and oxygen atoms in total. The van der Waals surface area contributed by atoms with Gasteiger partial charge in [0.25, 0.3) is 0 Å². The monoisotopic (exact) mass is 324 g/mol. The van der Waals surface area contributed by atoms with Crippen molar-refractivity contribution < 1.29 is 9.47 Å². The SMILES string of the molecule is CN(C)CCc1c[nH]c2cccc(OCOCc3ccccc3)c12. The Balaban J connectivity index is 1.64. The summed E-state index contributed by atoms with van der Waals surface area (Å²) in [6.07, 6.45) is 3.06. The molecule has 3 aromatic rings. The largest absolute Gasteiger partial charge is 0.467 e. The maximum atomic E-state index is 5.89. The fourth-order valence-electron chi connectivity index (χ4n) is 2.72. The highest BCUT2D eigenvalue weighted by Crippen LogP contribution is 2.29. The van der Waals surface area contributed by atoms with E-state index in [2.05, 4.69) is 36.2 Å². The summed E-state index contributed by atoms with van der Waals surface area (Å²) in [5.74, 6) is 0.871. The molecule has 1 N–H and O–H groups in total. The first-order valence-corrected chi connectivity index (χ1v) is 8.22. The van der Waals surface area contributed by atoms with Crippen LogP contribution in [0.4, 0.5) is 0 Å². The Morgan fingerprint density at radius 2 is 1.83 bits per heavy atom. The number of nitrogens with zero attached hydrogens (tertiary/aromatic N) is 1. The van der Waals surface area contributed by atoms with Gasteiger partial charge in [-0.05, 0) is 43.8 Å². The molecule has 3 rings (SSSR count). The summed E-state index contributed by atoms with van der Waals surface area (Å²) in [5.41, 5.74) is 3.52. The van der Waals surface area contributed by atoms with E-state index in [9.17, 15) is 0 Å². The zero-order valence-electron chi connectivity index (χ0n) is 14.3. The summed E-state index contributed by atoms with van der Waals surface area (Å²) >= 11 is 0. The minimum atomic E-state index is 0.242. The van der Waals surface area contributed by atoms with Gasteiger partial charge in [-0.2, -0.15) is 0 Å². The summed E-state index contributed by atoms with van der Waals surface area (Å²) < 4.78 is 11.5. The predicted octanol–water partition coefficient (Wildman–Crippen LogP) is 3.83. The molecule has 4 heteroatoms. The van der Waals surface area contributed by atoms with E-state index in [0.717, 1.165) is 35.2 Å². The Kier molecular flexibility index (Phi) is 5.51. The van der Waals surface area contributed by atoms with Gasteiger partial charge in [0, 0.05) is 23.6 Å². The van der Waals surface area contributed by atoms with Crippen LogP contribution >= 0.6 is 0 Å². The fraction of sp³-hybridized carbons (Fsp3) is 0.300. The highest BCUT2D eigenvalue weighted by atomic mass is 16.7. The van der Waals surface area contributed by atoms with Crippen molar-refractivity contribution in [2.45, 2.75) is 13.0 Å². The van der Waals surface area contributed by atoms with Gasteiger partial charge in [0.2, 0.25) is 0 Å². The molecule has 0 aliphatic rings. The minimum Gasteiger partial charge on any atom is -0.467 e. The maximum Gasteiger partial charge on any atom is 0.189 e. The van der Waals surface area contributed by atoms with Crippen LogP contribution in [0.15, 0.2) is 54.7 Å². The standard InChI is InChI=1S/C20H24N2O2/c1-22(2)12-11-17-13-21-18-9-6-10-19(20(17)18)24-15-23-14-16-7-4-3-5-8-16/h3-10,13,21H,11-12,14-15H2,1-2H3. The van der Waals surface area contributed by atoms with E-state index in [-0.39, 0.29) is 6.79 Å². The van der Waals surface area contributed by atoms with Crippen LogP contribution in [0.1, 0.15) is 11.1 Å². The number of fused-ring (bicyclic) bond motifs is 1. The first kappa shape index (κ1) is 16.6. The van der Waals surface area contributed by atoms with Crippen molar-refractivity contribution in [2.75, 3.05) is 27.4 Å². The number of rotatable bonds is 8. The van der Waals surface area contributed by atoms with Crippen LogP contribution in [-0.4, -0.2) is 37.3 Å². The average Bonchev–Trinajstić information content (AvgIpc) is 3.02. The number of hydrogen-bond acceptors (Lipinski definition) is 3. The molecule has 1 aromatic heterocycles. The number of nitrogens with one attached hydrogen (secondary N) is 1. The molecule has 0 amide bonds. The summed E-state index contributed by atoms with van der Waals surface area (Å²) in [4.78, 5) is 5.52. The van der Waals surface area contributed by atoms with Gasteiger partial charge in [-0.25, -0.2) is 0 Å². The molecule has 126 valence electrons. The van der Waals surface area contributed by atoms with Crippen LogP contribution in [0.3, 0.4) is 0 Å². The number of H-pyrrole nitrogens is 1. The van der Waals surface area contributed by atoms with Crippen molar-refractivity contribution >= 4 is 10.9 Å². The topological polar surface area (TPSA) is 37.5 Å².